The minimum absolute atomic E-state index is 1.00. The largest absolute Gasteiger partial charge is 0.254 e. The fraction of sp³-hybridized carbons (Fsp3) is 0.333. The van der Waals surface area contributed by atoms with Gasteiger partial charge in [0.15, 0.2) is 0 Å². The zero-order chi connectivity index (χ0) is 15.1. The van der Waals surface area contributed by atoms with Crippen LogP contribution in [0.4, 0.5) is 0 Å². The monoisotopic (exact) mass is 268 g/mol. The Hall–Kier alpha value is -1.96. The summed E-state index contributed by atoms with van der Waals surface area (Å²) in [7, 11) is 0. The maximum absolute atomic E-state index is 4.45. The van der Waals surface area contributed by atoms with Crippen LogP contribution in [0.1, 0.15) is 38.8 Å². The van der Waals surface area contributed by atoms with Crippen molar-refractivity contribution in [2.24, 2.45) is 0 Å². The Morgan fingerprint density at radius 3 is 1.35 bits per heavy atom. The summed E-state index contributed by atoms with van der Waals surface area (Å²) in [5.41, 5.74) is 4.59. The van der Waals surface area contributed by atoms with E-state index < -0.39 is 0 Å². The van der Waals surface area contributed by atoms with E-state index in [-0.39, 0.29) is 0 Å². The summed E-state index contributed by atoms with van der Waals surface area (Å²) in [6.45, 7) is 12.3. The molecule has 20 heavy (non-hydrogen) atoms. The predicted molar refractivity (Wildman–Crippen MR) is 89.2 cm³/mol. The summed E-state index contributed by atoms with van der Waals surface area (Å²) >= 11 is 0. The number of rotatable bonds is 0. The summed E-state index contributed by atoms with van der Waals surface area (Å²) in [4.78, 5) is 8.90. The lowest BCUT2D eigenvalue weighted by Crippen LogP contribution is -1.91. The fourth-order valence-corrected chi connectivity index (χ4v) is 2.20. The van der Waals surface area contributed by atoms with Gasteiger partial charge in [0.2, 0.25) is 0 Å². The molecule has 0 saturated heterocycles. The molecule has 2 aromatic heterocycles. The lowest BCUT2D eigenvalue weighted by atomic mass is 9.99. The van der Waals surface area contributed by atoms with Gasteiger partial charge in [-0.05, 0) is 37.1 Å². The van der Waals surface area contributed by atoms with E-state index in [1.165, 1.54) is 21.9 Å². The van der Waals surface area contributed by atoms with Gasteiger partial charge in [-0.3, -0.25) is 9.97 Å². The van der Waals surface area contributed by atoms with Gasteiger partial charge in [-0.1, -0.05) is 39.8 Å². The van der Waals surface area contributed by atoms with Crippen LogP contribution in [0, 0.1) is 13.8 Å². The van der Waals surface area contributed by atoms with Gasteiger partial charge in [-0.2, -0.15) is 0 Å². The van der Waals surface area contributed by atoms with Gasteiger partial charge in [0.1, 0.15) is 0 Å². The molecule has 0 saturated carbocycles. The highest BCUT2D eigenvalue weighted by atomic mass is 14.7. The Morgan fingerprint density at radius 2 is 1.00 bits per heavy atom. The predicted octanol–water partition coefficient (Wildman–Crippen LogP) is 5.45. The first-order valence-corrected chi connectivity index (χ1v) is 7.37. The van der Waals surface area contributed by atoms with Crippen LogP contribution < -0.4 is 0 Å². The molecule has 2 heteroatoms. The summed E-state index contributed by atoms with van der Waals surface area (Å²) in [5, 5.41) is 2.40. The minimum Gasteiger partial charge on any atom is -0.254 e. The number of hydrogen-bond donors (Lipinski definition) is 0. The first kappa shape index (κ1) is 16.1. The van der Waals surface area contributed by atoms with Gasteiger partial charge in [0, 0.05) is 23.2 Å². The van der Waals surface area contributed by atoms with Crippen molar-refractivity contribution in [1.29, 1.82) is 0 Å². The number of pyridine rings is 2. The Balaban J connectivity index is 0.000000461. The van der Waals surface area contributed by atoms with Crippen LogP contribution in [0.25, 0.3) is 21.8 Å². The summed E-state index contributed by atoms with van der Waals surface area (Å²) in [6.07, 6.45) is 3.65. The number of aryl methyl sites for hydroxylation is 2. The smallest absolute Gasteiger partial charge is 0.0967 e. The molecule has 0 aliphatic rings. The van der Waals surface area contributed by atoms with Crippen LogP contribution in [0.3, 0.4) is 0 Å². The van der Waals surface area contributed by atoms with Gasteiger partial charge in [0.05, 0.1) is 11.0 Å². The average Bonchev–Trinajstić information content (AvgIpc) is 2.56. The summed E-state index contributed by atoms with van der Waals surface area (Å²) in [5.74, 6) is 0. The van der Waals surface area contributed by atoms with Crippen molar-refractivity contribution in [3.8, 4) is 0 Å². The van der Waals surface area contributed by atoms with E-state index >= 15 is 0 Å². The van der Waals surface area contributed by atoms with Gasteiger partial charge in [0.25, 0.3) is 0 Å². The number of aromatic nitrogens is 2. The molecule has 0 aliphatic heterocycles. The quantitative estimate of drug-likeness (QED) is 0.506. The Bertz CT molecular complexity index is 627. The summed E-state index contributed by atoms with van der Waals surface area (Å²) < 4.78 is 0. The maximum atomic E-state index is 4.45. The van der Waals surface area contributed by atoms with Crippen LogP contribution in [-0.4, -0.2) is 9.97 Å². The lowest BCUT2D eigenvalue weighted by Gasteiger charge is -2.09. The molecule has 2 heterocycles. The average molecular weight is 268 g/mol. The Labute approximate surface area is 121 Å². The molecule has 0 bridgehead atoms. The van der Waals surface area contributed by atoms with Crippen molar-refractivity contribution in [2.75, 3.05) is 0 Å². The molecule has 0 atom stereocenters. The number of fused-ring (bicyclic) bond motifs is 3. The standard InChI is InChI=1S/C14H12N2.2C2H6/c1-9-10(2)12-6-4-8-16-14(12)13-11(9)5-3-7-15-13;2*1-2/h3-8H,1-2H3;2*1-2H3. The molecule has 0 N–H and O–H groups in total. The van der Waals surface area contributed by atoms with Crippen molar-refractivity contribution in [3.63, 3.8) is 0 Å². The molecular formula is C18H24N2. The van der Waals surface area contributed by atoms with Gasteiger partial charge in [-0.25, -0.2) is 0 Å². The molecule has 2 nitrogen and oxygen atoms in total. The van der Waals surface area contributed by atoms with Crippen LogP contribution >= 0.6 is 0 Å². The normalized spacial score (nSPS) is 9.50. The van der Waals surface area contributed by atoms with Gasteiger partial charge < -0.3 is 0 Å². The molecule has 3 rings (SSSR count). The third kappa shape index (κ3) is 2.79. The second kappa shape index (κ2) is 7.59. The minimum atomic E-state index is 1.00. The van der Waals surface area contributed by atoms with Gasteiger partial charge >= 0.3 is 0 Å². The van der Waals surface area contributed by atoms with E-state index in [9.17, 15) is 0 Å². The third-order valence-electron chi connectivity index (χ3n) is 3.21. The zero-order valence-electron chi connectivity index (χ0n) is 13.4. The van der Waals surface area contributed by atoms with E-state index in [1.807, 2.05) is 52.2 Å². The molecule has 1 aromatic carbocycles. The van der Waals surface area contributed by atoms with Crippen molar-refractivity contribution < 1.29 is 0 Å². The number of benzene rings is 1. The number of hydrogen-bond acceptors (Lipinski definition) is 2. The molecule has 106 valence electrons. The van der Waals surface area contributed by atoms with Crippen LogP contribution in [0.2, 0.25) is 0 Å². The van der Waals surface area contributed by atoms with Crippen molar-refractivity contribution in [3.05, 3.63) is 47.8 Å². The van der Waals surface area contributed by atoms with E-state index in [0.717, 1.165) is 11.0 Å². The molecule has 0 unspecified atom stereocenters. The molecule has 0 amide bonds. The highest BCUT2D eigenvalue weighted by Gasteiger charge is 2.08. The van der Waals surface area contributed by atoms with Gasteiger partial charge in [-0.15, -0.1) is 0 Å². The second-order valence-corrected chi connectivity index (χ2v) is 4.05. The van der Waals surface area contributed by atoms with E-state index in [0.29, 0.717) is 0 Å². The molecule has 0 fully saturated rings. The first-order valence-electron chi connectivity index (χ1n) is 7.37. The highest BCUT2D eigenvalue weighted by Crippen LogP contribution is 2.28. The summed E-state index contributed by atoms with van der Waals surface area (Å²) in [6, 6.07) is 8.17. The van der Waals surface area contributed by atoms with Crippen molar-refractivity contribution >= 4 is 21.8 Å². The SMILES string of the molecule is CC.CC.Cc1c(C)c2cccnc2c2ncccc12. The molecular weight excluding hydrogens is 244 g/mol. The molecule has 0 radical (unpaired) electrons. The molecule has 3 aromatic rings. The van der Waals surface area contributed by atoms with E-state index in [2.05, 4.69) is 35.9 Å². The number of nitrogens with zero attached hydrogens (tertiary/aromatic N) is 2. The molecule has 0 aliphatic carbocycles. The topological polar surface area (TPSA) is 25.8 Å². The highest BCUT2D eigenvalue weighted by molar-refractivity contribution is 6.06. The third-order valence-corrected chi connectivity index (χ3v) is 3.21. The maximum Gasteiger partial charge on any atom is 0.0967 e. The van der Waals surface area contributed by atoms with Crippen molar-refractivity contribution in [1.82, 2.24) is 9.97 Å². The van der Waals surface area contributed by atoms with Crippen LogP contribution in [-0.2, 0) is 0 Å². The van der Waals surface area contributed by atoms with E-state index in [4.69, 9.17) is 0 Å². The van der Waals surface area contributed by atoms with E-state index in [1.54, 1.807) is 0 Å². The first-order chi connectivity index (χ1) is 9.79. The molecule has 0 spiro atoms. The fourth-order valence-electron chi connectivity index (χ4n) is 2.20. The van der Waals surface area contributed by atoms with Crippen LogP contribution in [0.15, 0.2) is 36.7 Å². The zero-order valence-corrected chi connectivity index (χ0v) is 13.4. The van der Waals surface area contributed by atoms with Crippen LogP contribution in [0.5, 0.6) is 0 Å². The Kier molecular flexibility index (Phi) is 6.10. The lowest BCUT2D eigenvalue weighted by molar-refractivity contribution is 1.33. The Morgan fingerprint density at radius 1 is 0.650 bits per heavy atom. The second-order valence-electron chi connectivity index (χ2n) is 4.05. The van der Waals surface area contributed by atoms with Crippen molar-refractivity contribution in [2.45, 2.75) is 41.5 Å².